The summed E-state index contributed by atoms with van der Waals surface area (Å²) in [5, 5.41) is 3.39. The number of hydrogen-bond acceptors (Lipinski definition) is 2. The molecular weight excluding hydrogens is 138 g/mol. The highest BCUT2D eigenvalue weighted by molar-refractivity contribution is 4.57. The topological polar surface area (TPSA) is 21.3 Å². The van der Waals surface area contributed by atoms with E-state index in [9.17, 15) is 0 Å². The predicted octanol–water partition coefficient (Wildman–Crippen LogP) is 1.80. The van der Waals surface area contributed by atoms with Crippen LogP contribution in [0.1, 0.15) is 33.6 Å². The maximum Gasteiger partial charge on any atom is 0.0616 e. The minimum absolute atomic E-state index is 0.501. The Kier molecular flexibility index (Phi) is 7.96. The van der Waals surface area contributed by atoms with Gasteiger partial charge in [0, 0.05) is 12.6 Å². The number of rotatable bonds is 7. The number of nitrogens with one attached hydrogen (secondary N) is 1. The summed E-state index contributed by atoms with van der Waals surface area (Å²) in [5.74, 6) is 0. The molecule has 0 aliphatic rings. The second-order valence-electron chi connectivity index (χ2n) is 2.87. The zero-order valence-electron chi connectivity index (χ0n) is 8.02. The third-order valence-corrected chi connectivity index (χ3v) is 1.60. The summed E-state index contributed by atoms with van der Waals surface area (Å²) >= 11 is 0. The van der Waals surface area contributed by atoms with Crippen molar-refractivity contribution in [2.75, 3.05) is 19.8 Å². The van der Waals surface area contributed by atoms with E-state index in [1.54, 1.807) is 0 Å². The van der Waals surface area contributed by atoms with E-state index >= 15 is 0 Å². The molecule has 0 saturated heterocycles. The summed E-state index contributed by atoms with van der Waals surface area (Å²) in [7, 11) is 0. The molecule has 0 spiro atoms. The van der Waals surface area contributed by atoms with E-state index < -0.39 is 0 Å². The Morgan fingerprint density at radius 3 is 2.64 bits per heavy atom. The Morgan fingerprint density at radius 2 is 2.09 bits per heavy atom. The molecule has 0 aliphatic carbocycles. The van der Waals surface area contributed by atoms with Crippen LogP contribution < -0.4 is 5.32 Å². The molecule has 0 radical (unpaired) electrons. The third-order valence-electron chi connectivity index (χ3n) is 1.60. The van der Waals surface area contributed by atoms with Gasteiger partial charge in [0.2, 0.25) is 0 Å². The molecule has 0 aromatic carbocycles. The van der Waals surface area contributed by atoms with E-state index in [2.05, 4.69) is 19.2 Å². The van der Waals surface area contributed by atoms with Gasteiger partial charge in [-0.3, -0.25) is 0 Å². The fourth-order valence-electron chi connectivity index (χ4n) is 0.879. The molecule has 1 atom stereocenters. The van der Waals surface area contributed by atoms with Crippen LogP contribution >= 0.6 is 0 Å². The molecule has 0 bridgehead atoms. The van der Waals surface area contributed by atoms with Crippen molar-refractivity contribution in [3.05, 3.63) is 0 Å². The highest BCUT2D eigenvalue weighted by Gasteiger charge is 1.98. The van der Waals surface area contributed by atoms with Crippen molar-refractivity contribution in [1.82, 2.24) is 5.32 Å². The normalized spacial score (nSPS) is 13.4. The van der Waals surface area contributed by atoms with Crippen LogP contribution in [-0.2, 0) is 4.74 Å². The van der Waals surface area contributed by atoms with Gasteiger partial charge in [0.05, 0.1) is 6.61 Å². The summed E-state index contributed by atoms with van der Waals surface area (Å²) in [5.41, 5.74) is 0. The van der Waals surface area contributed by atoms with Gasteiger partial charge in [0.15, 0.2) is 0 Å². The van der Waals surface area contributed by atoms with Gasteiger partial charge < -0.3 is 10.1 Å². The maximum atomic E-state index is 5.26. The molecule has 2 nitrogen and oxygen atoms in total. The molecule has 0 heterocycles. The van der Waals surface area contributed by atoms with Crippen LogP contribution in [0.3, 0.4) is 0 Å². The molecule has 68 valence electrons. The smallest absolute Gasteiger partial charge is 0.0616 e. The Balaban J connectivity index is 3.02. The molecule has 0 saturated carbocycles. The molecule has 11 heavy (non-hydrogen) atoms. The van der Waals surface area contributed by atoms with Crippen LogP contribution in [0.2, 0.25) is 0 Å². The summed E-state index contributed by atoms with van der Waals surface area (Å²) in [6, 6.07) is 0.501. The van der Waals surface area contributed by atoms with Crippen molar-refractivity contribution in [3.63, 3.8) is 0 Å². The lowest BCUT2D eigenvalue weighted by Gasteiger charge is -2.12. The van der Waals surface area contributed by atoms with Crippen molar-refractivity contribution >= 4 is 0 Å². The first-order valence-corrected chi connectivity index (χ1v) is 4.62. The van der Waals surface area contributed by atoms with Gasteiger partial charge in [0.25, 0.3) is 0 Å². The van der Waals surface area contributed by atoms with Crippen molar-refractivity contribution < 1.29 is 4.74 Å². The fraction of sp³-hybridized carbons (Fsp3) is 1.00. The van der Waals surface area contributed by atoms with E-state index in [1.807, 2.05) is 6.92 Å². The molecule has 1 N–H and O–H groups in total. The molecule has 0 amide bonds. The van der Waals surface area contributed by atoms with Crippen LogP contribution in [0.15, 0.2) is 0 Å². The van der Waals surface area contributed by atoms with Crippen LogP contribution in [0.4, 0.5) is 0 Å². The van der Waals surface area contributed by atoms with Gasteiger partial charge in [-0.25, -0.2) is 0 Å². The first-order valence-electron chi connectivity index (χ1n) is 4.62. The highest BCUT2D eigenvalue weighted by atomic mass is 16.5. The minimum Gasteiger partial charge on any atom is -0.380 e. The summed E-state index contributed by atoms with van der Waals surface area (Å²) < 4.78 is 5.26. The molecule has 0 rings (SSSR count). The lowest BCUT2D eigenvalue weighted by atomic mass is 10.3. The van der Waals surface area contributed by atoms with Crippen LogP contribution in [-0.4, -0.2) is 25.8 Å². The SMILES string of the molecule is CCCCNC(C)COCC. The van der Waals surface area contributed by atoms with Gasteiger partial charge in [-0.05, 0) is 26.8 Å². The van der Waals surface area contributed by atoms with E-state index in [4.69, 9.17) is 4.74 Å². The molecule has 1 unspecified atom stereocenters. The van der Waals surface area contributed by atoms with Crippen molar-refractivity contribution in [3.8, 4) is 0 Å². The third kappa shape index (κ3) is 7.82. The second kappa shape index (κ2) is 8.02. The van der Waals surface area contributed by atoms with Gasteiger partial charge in [-0.15, -0.1) is 0 Å². The quantitative estimate of drug-likeness (QED) is 0.572. The second-order valence-corrected chi connectivity index (χ2v) is 2.87. The van der Waals surface area contributed by atoms with Crippen molar-refractivity contribution in [2.45, 2.75) is 39.7 Å². The Hall–Kier alpha value is -0.0800. The van der Waals surface area contributed by atoms with Crippen LogP contribution in [0.5, 0.6) is 0 Å². The average molecular weight is 159 g/mol. The van der Waals surface area contributed by atoms with Gasteiger partial charge in [-0.1, -0.05) is 13.3 Å². The zero-order chi connectivity index (χ0) is 8.53. The number of ether oxygens (including phenoxy) is 1. The molecule has 0 aromatic rings. The lowest BCUT2D eigenvalue weighted by Crippen LogP contribution is -2.31. The van der Waals surface area contributed by atoms with E-state index in [0.717, 1.165) is 19.8 Å². The standard InChI is InChI=1S/C9H21NO/c1-4-6-7-10-9(3)8-11-5-2/h9-10H,4-8H2,1-3H3. The van der Waals surface area contributed by atoms with Gasteiger partial charge in [0.1, 0.15) is 0 Å². The van der Waals surface area contributed by atoms with Gasteiger partial charge >= 0.3 is 0 Å². The van der Waals surface area contributed by atoms with E-state index in [1.165, 1.54) is 12.8 Å². The monoisotopic (exact) mass is 159 g/mol. The molecular formula is C9H21NO. The van der Waals surface area contributed by atoms with Crippen LogP contribution in [0.25, 0.3) is 0 Å². The predicted molar refractivity (Wildman–Crippen MR) is 48.9 cm³/mol. The summed E-state index contributed by atoms with van der Waals surface area (Å²) in [6.07, 6.45) is 2.52. The maximum absolute atomic E-state index is 5.26. The highest BCUT2D eigenvalue weighted by Crippen LogP contribution is 1.87. The average Bonchev–Trinajstić information content (AvgIpc) is 2.01. The Labute approximate surface area is 70.3 Å². The Bertz CT molecular complexity index is 76.0. The number of unbranched alkanes of at least 4 members (excludes halogenated alkanes) is 1. The van der Waals surface area contributed by atoms with Gasteiger partial charge in [-0.2, -0.15) is 0 Å². The molecule has 0 fully saturated rings. The van der Waals surface area contributed by atoms with Crippen molar-refractivity contribution in [1.29, 1.82) is 0 Å². The lowest BCUT2D eigenvalue weighted by molar-refractivity contribution is 0.127. The molecule has 0 aromatic heterocycles. The first kappa shape index (κ1) is 10.9. The van der Waals surface area contributed by atoms with Crippen molar-refractivity contribution in [2.24, 2.45) is 0 Å². The largest absolute Gasteiger partial charge is 0.380 e. The fourth-order valence-corrected chi connectivity index (χ4v) is 0.879. The van der Waals surface area contributed by atoms with Crippen LogP contribution in [0, 0.1) is 0 Å². The zero-order valence-corrected chi connectivity index (χ0v) is 8.02. The van der Waals surface area contributed by atoms with E-state index in [-0.39, 0.29) is 0 Å². The summed E-state index contributed by atoms with van der Waals surface area (Å²) in [4.78, 5) is 0. The number of hydrogen-bond donors (Lipinski definition) is 1. The summed E-state index contributed by atoms with van der Waals surface area (Å²) in [6.45, 7) is 9.16. The molecule has 0 aliphatic heterocycles. The first-order chi connectivity index (χ1) is 5.31. The minimum atomic E-state index is 0.501. The van der Waals surface area contributed by atoms with E-state index in [0.29, 0.717) is 6.04 Å². The molecule has 2 heteroatoms. The Morgan fingerprint density at radius 1 is 1.36 bits per heavy atom.